The quantitative estimate of drug-likeness (QED) is 0.541. The molecule has 0 spiro atoms. The molecule has 0 fully saturated rings. The molecule has 2 aromatic heterocycles. The number of hydrogen-bond acceptors (Lipinski definition) is 5. The minimum atomic E-state index is -4.56. The second-order valence-corrected chi connectivity index (χ2v) is 8.99. The van der Waals surface area contributed by atoms with E-state index in [9.17, 15) is 13.2 Å². The molecule has 33 heavy (non-hydrogen) atoms. The normalized spacial score (nSPS) is 18.2. The van der Waals surface area contributed by atoms with Crippen LogP contribution in [-0.2, 0) is 21.9 Å². The monoisotopic (exact) mass is 454 g/mol. The zero-order valence-corrected chi connectivity index (χ0v) is 18.8. The van der Waals surface area contributed by atoms with Crippen LogP contribution < -0.4 is 11.1 Å². The van der Waals surface area contributed by atoms with E-state index in [2.05, 4.69) is 36.1 Å². The fraction of sp³-hybridized carbons (Fsp3) is 0.280. The van der Waals surface area contributed by atoms with Gasteiger partial charge in [0, 0.05) is 17.8 Å². The van der Waals surface area contributed by atoms with Gasteiger partial charge in [0.25, 0.3) is 0 Å². The number of rotatable bonds is 3. The van der Waals surface area contributed by atoms with Gasteiger partial charge in [-0.25, -0.2) is 4.98 Å². The van der Waals surface area contributed by atoms with Gasteiger partial charge in [-0.05, 0) is 34.7 Å². The first-order valence-corrected chi connectivity index (χ1v) is 10.4. The summed E-state index contributed by atoms with van der Waals surface area (Å²) < 4.78 is 46.1. The number of alkyl halides is 3. The maximum Gasteiger partial charge on any atom is 0.418 e. The SMILES string of the molecule is COC1=CC(N)(c2ccccc2C(C)(C)C)c2ccc(-c3ncccc3C(F)(F)F)nc2N1. The molecular formula is C25H25F3N4O. The third-order valence-corrected chi connectivity index (χ3v) is 5.70. The van der Waals surface area contributed by atoms with Crippen molar-refractivity contribution in [3.63, 3.8) is 0 Å². The first-order valence-electron chi connectivity index (χ1n) is 10.4. The highest BCUT2D eigenvalue weighted by Crippen LogP contribution is 2.43. The first kappa shape index (κ1) is 22.8. The van der Waals surface area contributed by atoms with E-state index in [0.29, 0.717) is 17.3 Å². The molecule has 1 atom stereocenters. The Labute approximate surface area is 190 Å². The van der Waals surface area contributed by atoms with Crippen LogP contribution in [0.1, 0.15) is 43.0 Å². The van der Waals surface area contributed by atoms with Gasteiger partial charge in [-0.2, -0.15) is 13.2 Å². The van der Waals surface area contributed by atoms with E-state index in [-0.39, 0.29) is 16.8 Å². The fourth-order valence-electron chi connectivity index (χ4n) is 4.13. The maximum atomic E-state index is 13.6. The number of aromatic nitrogens is 2. The summed E-state index contributed by atoms with van der Waals surface area (Å²) in [6.07, 6.45) is -1.48. The molecule has 1 aliphatic rings. The van der Waals surface area contributed by atoms with E-state index < -0.39 is 17.3 Å². The lowest BCUT2D eigenvalue weighted by Gasteiger charge is -2.37. The Kier molecular flexibility index (Phi) is 5.44. The van der Waals surface area contributed by atoms with Crippen molar-refractivity contribution in [3.8, 4) is 11.4 Å². The van der Waals surface area contributed by atoms with E-state index in [0.717, 1.165) is 17.2 Å². The van der Waals surface area contributed by atoms with Crippen LogP contribution >= 0.6 is 0 Å². The van der Waals surface area contributed by atoms with Crippen molar-refractivity contribution in [1.29, 1.82) is 0 Å². The van der Waals surface area contributed by atoms with Gasteiger partial charge in [-0.15, -0.1) is 0 Å². The Hall–Kier alpha value is -3.39. The summed E-state index contributed by atoms with van der Waals surface area (Å²) in [5, 5.41) is 3.04. The van der Waals surface area contributed by atoms with Crippen LogP contribution in [0.2, 0.25) is 0 Å². The van der Waals surface area contributed by atoms with Crippen molar-refractivity contribution in [3.05, 3.63) is 88.9 Å². The molecule has 0 amide bonds. The molecule has 5 nitrogen and oxygen atoms in total. The van der Waals surface area contributed by atoms with Crippen LogP contribution in [0.3, 0.4) is 0 Å². The second kappa shape index (κ2) is 7.88. The summed E-state index contributed by atoms with van der Waals surface area (Å²) in [5.74, 6) is 0.673. The van der Waals surface area contributed by atoms with Crippen molar-refractivity contribution in [2.24, 2.45) is 5.73 Å². The van der Waals surface area contributed by atoms with Crippen molar-refractivity contribution in [1.82, 2.24) is 9.97 Å². The summed E-state index contributed by atoms with van der Waals surface area (Å²) in [6, 6.07) is 13.3. The van der Waals surface area contributed by atoms with Gasteiger partial charge in [0.05, 0.1) is 23.9 Å². The number of fused-ring (bicyclic) bond motifs is 1. The topological polar surface area (TPSA) is 73.1 Å². The van der Waals surface area contributed by atoms with Crippen molar-refractivity contribution in [2.75, 3.05) is 12.4 Å². The number of nitrogens with two attached hydrogens (primary N) is 1. The molecule has 8 heteroatoms. The molecule has 1 aromatic carbocycles. The third kappa shape index (κ3) is 4.06. The molecule has 3 N–H and O–H groups in total. The van der Waals surface area contributed by atoms with Gasteiger partial charge >= 0.3 is 6.18 Å². The molecule has 172 valence electrons. The van der Waals surface area contributed by atoms with E-state index in [1.807, 2.05) is 24.3 Å². The highest BCUT2D eigenvalue weighted by atomic mass is 19.4. The standard InChI is InChI=1S/C25H25F3N4O/c1-23(2,3)15-8-5-6-9-16(15)24(29)14-20(33-4)32-22-18(24)11-12-19(31-22)21-17(25(26,27)28)10-7-13-30-21/h5-14H,29H2,1-4H3,(H,31,32). The molecule has 0 saturated carbocycles. The largest absolute Gasteiger partial charge is 0.482 e. The predicted molar refractivity (Wildman–Crippen MR) is 121 cm³/mol. The molecule has 3 aromatic rings. The van der Waals surface area contributed by atoms with E-state index in [1.54, 1.807) is 12.1 Å². The van der Waals surface area contributed by atoms with Gasteiger partial charge in [0.2, 0.25) is 0 Å². The smallest absolute Gasteiger partial charge is 0.418 e. The van der Waals surface area contributed by atoms with Gasteiger partial charge in [-0.3, -0.25) is 4.98 Å². The van der Waals surface area contributed by atoms with Gasteiger partial charge in [0.1, 0.15) is 11.5 Å². The number of ether oxygens (including phenoxy) is 1. The molecule has 0 saturated heterocycles. The van der Waals surface area contributed by atoms with Crippen molar-refractivity contribution >= 4 is 5.82 Å². The van der Waals surface area contributed by atoms with Crippen LogP contribution in [0.5, 0.6) is 0 Å². The lowest BCUT2D eigenvalue weighted by molar-refractivity contribution is -0.137. The second-order valence-electron chi connectivity index (χ2n) is 8.99. The van der Waals surface area contributed by atoms with Crippen LogP contribution in [-0.4, -0.2) is 17.1 Å². The lowest BCUT2D eigenvalue weighted by atomic mass is 9.74. The first-order chi connectivity index (χ1) is 15.4. The zero-order chi connectivity index (χ0) is 24.0. The maximum absolute atomic E-state index is 13.6. The van der Waals surface area contributed by atoms with Crippen molar-refractivity contribution < 1.29 is 17.9 Å². The summed E-state index contributed by atoms with van der Waals surface area (Å²) in [4.78, 5) is 8.45. The van der Waals surface area contributed by atoms with Crippen molar-refractivity contribution in [2.45, 2.75) is 37.9 Å². The highest BCUT2D eigenvalue weighted by molar-refractivity contribution is 5.69. The predicted octanol–water partition coefficient (Wildman–Crippen LogP) is 5.58. The number of nitrogens with one attached hydrogen (secondary N) is 1. The number of halogens is 3. The summed E-state index contributed by atoms with van der Waals surface area (Å²) >= 11 is 0. The summed E-state index contributed by atoms with van der Waals surface area (Å²) in [6.45, 7) is 6.29. The molecule has 1 unspecified atom stereocenters. The van der Waals surface area contributed by atoms with E-state index in [1.165, 1.54) is 25.4 Å². The minimum Gasteiger partial charge on any atom is -0.482 e. The van der Waals surface area contributed by atoms with Crippen LogP contribution in [0.4, 0.5) is 19.0 Å². The summed E-state index contributed by atoms with van der Waals surface area (Å²) in [5.41, 5.74) is 7.20. The highest BCUT2D eigenvalue weighted by Gasteiger charge is 2.39. The lowest BCUT2D eigenvalue weighted by Crippen LogP contribution is -2.42. The molecular weight excluding hydrogens is 429 g/mol. The average Bonchev–Trinajstić information content (AvgIpc) is 2.77. The number of anilines is 1. The Morgan fingerprint density at radius 1 is 0.939 bits per heavy atom. The van der Waals surface area contributed by atoms with Crippen LogP contribution in [0.15, 0.2) is 66.7 Å². The molecule has 3 heterocycles. The zero-order valence-electron chi connectivity index (χ0n) is 18.8. The molecule has 0 aliphatic carbocycles. The fourth-order valence-corrected chi connectivity index (χ4v) is 4.13. The van der Waals surface area contributed by atoms with Crippen LogP contribution in [0.25, 0.3) is 11.4 Å². The Bertz CT molecular complexity index is 1230. The van der Waals surface area contributed by atoms with Gasteiger partial charge < -0.3 is 15.8 Å². The summed E-state index contributed by atoms with van der Waals surface area (Å²) in [7, 11) is 1.49. The third-order valence-electron chi connectivity index (χ3n) is 5.70. The Morgan fingerprint density at radius 3 is 2.30 bits per heavy atom. The van der Waals surface area contributed by atoms with Crippen LogP contribution in [0, 0.1) is 0 Å². The van der Waals surface area contributed by atoms with E-state index in [4.69, 9.17) is 10.5 Å². The Balaban J connectivity index is 1.92. The van der Waals surface area contributed by atoms with Gasteiger partial charge in [-0.1, -0.05) is 51.1 Å². The van der Waals surface area contributed by atoms with E-state index >= 15 is 0 Å². The number of hydrogen-bond donors (Lipinski definition) is 2. The molecule has 0 radical (unpaired) electrons. The Morgan fingerprint density at radius 2 is 1.64 bits per heavy atom. The number of pyridine rings is 2. The molecule has 0 bridgehead atoms. The van der Waals surface area contributed by atoms with Gasteiger partial charge in [0.15, 0.2) is 5.88 Å². The molecule has 4 rings (SSSR count). The molecule has 1 aliphatic heterocycles. The number of benzene rings is 1. The minimum absolute atomic E-state index is 0.0815. The number of methoxy groups -OCH3 is 1. The number of nitrogens with zero attached hydrogens (tertiary/aromatic N) is 2. The average molecular weight is 454 g/mol.